The maximum atomic E-state index is 12.1. The molecule has 0 aliphatic carbocycles. The molecule has 0 atom stereocenters. The lowest BCUT2D eigenvalue weighted by Gasteiger charge is -2.08. The number of likely N-dealkylation sites (N-methyl/N-ethyl adjacent to an activating group) is 1. The number of esters is 1. The number of hydrogen-bond acceptors (Lipinski definition) is 4. The van der Waals surface area contributed by atoms with E-state index < -0.39 is 5.97 Å². The number of carbonyl (C=O) groups is 2. The summed E-state index contributed by atoms with van der Waals surface area (Å²) in [4.78, 5) is 25.0. The van der Waals surface area contributed by atoms with Crippen LogP contribution in [0, 0.1) is 11.3 Å². The van der Waals surface area contributed by atoms with E-state index in [0.29, 0.717) is 11.3 Å². The highest BCUT2D eigenvalue weighted by molar-refractivity contribution is 6.36. The van der Waals surface area contributed by atoms with E-state index in [9.17, 15) is 9.59 Å². The maximum absolute atomic E-state index is 12.1. The SMILES string of the molecule is COC(=O)/C(C#N)=C1\C(=O)N(C)c2ccccc21. The summed E-state index contributed by atoms with van der Waals surface area (Å²) in [6, 6.07) is 8.74. The second-order valence-electron chi connectivity index (χ2n) is 3.73. The molecule has 0 N–H and O–H groups in total. The number of nitriles is 1. The zero-order chi connectivity index (χ0) is 13.3. The number of amides is 1. The molecule has 1 aliphatic heterocycles. The lowest BCUT2D eigenvalue weighted by molar-refractivity contribution is -0.135. The van der Waals surface area contributed by atoms with E-state index in [1.54, 1.807) is 37.4 Å². The van der Waals surface area contributed by atoms with E-state index in [-0.39, 0.29) is 17.1 Å². The number of hydrogen-bond donors (Lipinski definition) is 0. The lowest BCUT2D eigenvalue weighted by atomic mass is 10.0. The van der Waals surface area contributed by atoms with Crippen molar-refractivity contribution in [3.05, 3.63) is 35.4 Å². The Morgan fingerprint density at radius 1 is 1.39 bits per heavy atom. The molecule has 18 heavy (non-hydrogen) atoms. The minimum atomic E-state index is -0.800. The van der Waals surface area contributed by atoms with E-state index in [2.05, 4.69) is 4.74 Å². The van der Waals surface area contributed by atoms with Gasteiger partial charge in [-0.1, -0.05) is 18.2 Å². The third-order valence-electron chi connectivity index (χ3n) is 2.80. The molecule has 0 saturated heterocycles. The first-order chi connectivity index (χ1) is 8.61. The Morgan fingerprint density at radius 3 is 2.67 bits per heavy atom. The van der Waals surface area contributed by atoms with Gasteiger partial charge in [0.25, 0.3) is 5.91 Å². The van der Waals surface area contributed by atoms with Crippen molar-refractivity contribution >= 4 is 23.1 Å². The van der Waals surface area contributed by atoms with Gasteiger partial charge in [-0.15, -0.1) is 0 Å². The molecule has 1 heterocycles. The highest BCUT2D eigenvalue weighted by Gasteiger charge is 2.34. The quantitative estimate of drug-likeness (QED) is 0.420. The van der Waals surface area contributed by atoms with Crippen LogP contribution in [-0.4, -0.2) is 26.0 Å². The average Bonchev–Trinajstić information content (AvgIpc) is 2.65. The Balaban J connectivity index is 2.73. The zero-order valence-corrected chi connectivity index (χ0v) is 9.93. The number of fused-ring (bicyclic) bond motifs is 1. The van der Waals surface area contributed by atoms with Gasteiger partial charge in [-0.2, -0.15) is 5.26 Å². The molecule has 1 amide bonds. The first-order valence-electron chi connectivity index (χ1n) is 5.22. The number of carbonyl (C=O) groups excluding carboxylic acids is 2. The molecule has 1 aromatic carbocycles. The molecule has 0 radical (unpaired) electrons. The predicted molar refractivity (Wildman–Crippen MR) is 64.4 cm³/mol. The fourth-order valence-electron chi connectivity index (χ4n) is 1.92. The van der Waals surface area contributed by atoms with Crippen LogP contribution in [0.25, 0.3) is 5.57 Å². The minimum Gasteiger partial charge on any atom is -0.465 e. The van der Waals surface area contributed by atoms with Gasteiger partial charge in [-0.3, -0.25) is 4.79 Å². The topological polar surface area (TPSA) is 70.4 Å². The summed E-state index contributed by atoms with van der Waals surface area (Å²) >= 11 is 0. The van der Waals surface area contributed by atoms with E-state index >= 15 is 0 Å². The van der Waals surface area contributed by atoms with Crippen LogP contribution in [0.15, 0.2) is 29.8 Å². The van der Waals surface area contributed by atoms with Gasteiger partial charge >= 0.3 is 5.97 Å². The summed E-state index contributed by atoms with van der Waals surface area (Å²) in [6.07, 6.45) is 0. The van der Waals surface area contributed by atoms with Crippen LogP contribution in [0.2, 0.25) is 0 Å². The van der Waals surface area contributed by atoms with Crippen molar-refractivity contribution < 1.29 is 14.3 Å². The minimum absolute atomic E-state index is 0.0995. The Hall–Kier alpha value is -2.61. The summed E-state index contributed by atoms with van der Waals surface area (Å²) in [7, 11) is 2.77. The molecule has 0 bridgehead atoms. The van der Waals surface area contributed by atoms with Gasteiger partial charge in [0.15, 0.2) is 5.57 Å². The summed E-state index contributed by atoms with van der Waals surface area (Å²) in [5, 5.41) is 9.04. The first kappa shape index (κ1) is 11.9. The molecule has 90 valence electrons. The number of benzene rings is 1. The molecule has 2 rings (SSSR count). The third kappa shape index (κ3) is 1.55. The van der Waals surface area contributed by atoms with Gasteiger partial charge in [0.05, 0.1) is 18.4 Å². The van der Waals surface area contributed by atoms with Crippen molar-refractivity contribution in [1.82, 2.24) is 0 Å². The normalized spacial score (nSPS) is 16.1. The van der Waals surface area contributed by atoms with Crippen LogP contribution in [0.5, 0.6) is 0 Å². The summed E-state index contributed by atoms with van der Waals surface area (Å²) < 4.78 is 4.52. The second-order valence-corrected chi connectivity index (χ2v) is 3.73. The van der Waals surface area contributed by atoms with Crippen molar-refractivity contribution in [3.63, 3.8) is 0 Å². The van der Waals surface area contributed by atoms with Gasteiger partial charge in [0.1, 0.15) is 6.07 Å². The molecule has 5 heteroatoms. The summed E-state index contributed by atoms with van der Waals surface area (Å²) in [6.45, 7) is 0. The molecule has 0 unspecified atom stereocenters. The predicted octanol–water partition coefficient (Wildman–Crippen LogP) is 1.11. The Morgan fingerprint density at radius 2 is 2.06 bits per heavy atom. The van der Waals surface area contributed by atoms with Crippen LogP contribution in [0.4, 0.5) is 5.69 Å². The molecular weight excluding hydrogens is 232 g/mol. The van der Waals surface area contributed by atoms with Gasteiger partial charge in [-0.25, -0.2) is 4.79 Å². The van der Waals surface area contributed by atoms with E-state index in [1.165, 1.54) is 12.0 Å². The number of anilines is 1. The Kier molecular flexibility index (Phi) is 2.86. The molecule has 0 fully saturated rings. The van der Waals surface area contributed by atoms with Crippen molar-refractivity contribution in [2.24, 2.45) is 0 Å². The summed E-state index contributed by atoms with van der Waals surface area (Å²) in [5.74, 6) is -1.18. The number of rotatable bonds is 1. The van der Waals surface area contributed by atoms with Crippen LogP contribution in [0.1, 0.15) is 5.56 Å². The number of methoxy groups -OCH3 is 1. The van der Waals surface area contributed by atoms with E-state index in [4.69, 9.17) is 5.26 Å². The van der Waals surface area contributed by atoms with Gasteiger partial charge in [0, 0.05) is 12.6 Å². The third-order valence-corrected chi connectivity index (χ3v) is 2.80. The van der Waals surface area contributed by atoms with Crippen LogP contribution in [0.3, 0.4) is 0 Å². The highest BCUT2D eigenvalue weighted by Crippen LogP contribution is 2.37. The summed E-state index contributed by atoms with van der Waals surface area (Å²) in [5.41, 5.74) is 1.09. The Labute approximate surface area is 104 Å². The monoisotopic (exact) mass is 242 g/mol. The molecule has 5 nitrogen and oxygen atoms in total. The fraction of sp³-hybridized carbons (Fsp3) is 0.154. The number of nitrogens with zero attached hydrogens (tertiary/aromatic N) is 2. The number of ether oxygens (including phenoxy) is 1. The van der Waals surface area contributed by atoms with E-state index in [1.807, 2.05) is 0 Å². The largest absolute Gasteiger partial charge is 0.465 e. The van der Waals surface area contributed by atoms with Crippen LogP contribution < -0.4 is 4.90 Å². The molecule has 0 saturated carbocycles. The molecule has 1 aromatic rings. The smallest absolute Gasteiger partial charge is 0.349 e. The van der Waals surface area contributed by atoms with Crippen molar-refractivity contribution in [1.29, 1.82) is 5.26 Å². The van der Waals surface area contributed by atoms with Crippen LogP contribution >= 0.6 is 0 Å². The maximum Gasteiger partial charge on any atom is 0.349 e. The van der Waals surface area contributed by atoms with Crippen molar-refractivity contribution in [2.45, 2.75) is 0 Å². The highest BCUT2D eigenvalue weighted by atomic mass is 16.5. The van der Waals surface area contributed by atoms with Gasteiger partial charge < -0.3 is 9.64 Å². The fourth-order valence-corrected chi connectivity index (χ4v) is 1.92. The molecule has 0 aromatic heterocycles. The first-order valence-corrected chi connectivity index (χ1v) is 5.22. The van der Waals surface area contributed by atoms with Crippen molar-refractivity contribution in [2.75, 3.05) is 19.1 Å². The van der Waals surface area contributed by atoms with E-state index in [0.717, 1.165) is 0 Å². The van der Waals surface area contributed by atoms with Gasteiger partial charge in [-0.05, 0) is 6.07 Å². The molecular formula is C13H10N2O3. The molecule has 0 spiro atoms. The second kappa shape index (κ2) is 4.34. The number of para-hydroxylation sites is 1. The Bertz CT molecular complexity index is 611. The zero-order valence-electron chi connectivity index (χ0n) is 9.93. The molecule has 1 aliphatic rings. The van der Waals surface area contributed by atoms with Gasteiger partial charge in [0.2, 0.25) is 0 Å². The lowest BCUT2D eigenvalue weighted by Crippen LogP contribution is -2.21. The van der Waals surface area contributed by atoms with Crippen LogP contribution in [-0.2, 0) is 14.3 Å². The van der Waals surface area contributed by atoms with Crippen molar-refractivity contribution in [3.8, 4) is 6.07 Å². The average molecular weight is 242 g/mol. The standard InChI is InChI=1S/C13H10N2O3/c1-15-10-6-4-3-5-8(10)11(12(15)16)9(7-14)13(17)18-2/h3-6H,1-2H3/b11-9-.